The van der Waals surface area contributed by atoms with Crippen LogP contribution in [0.2, 0.25) is 5.02 Å². The molecule has 0 radical (unpaired) electrons. The van der Waals surface area contributed by atoms with Crippen molar-refractivity contribution in [3.63, 3.8) is 0 Å². The highest BCUT2D eigenvalue weighted by Crippen LogP contribution is 2.22. The Kier molecular flexibility index (Phi) is 5.39. The molecule has 116 valence electrons. The highest BCUT2D eigenvalue weighted by atomic mass is 35.5. The van der Waals surface area contributed by atoms with Crippen molar-refractivity contribution < 1.29 is 14.6 Å². The van der Waals surface area contributed by atoms with E-state index in [1.807, 2.05) is 13.8 Å². The number of pyridine rings is 1. The lowest BCUT2D eigenvalue weighted by Crippen LogP contribution is -2.52. The van der Waals surface area contributed by atoms with E-state index >= 15 is 0 Å². The number of hydrogen-bond acceptors (Lipinski definition) is 5. The number of aliphatic hydroxyl groups is 1. The van der Waals surface area contributed by atoms with Gasteiger partial charge in [-0.25, -0.2) is 4.98 Å². The molecule has 1 fully saturated rings. The summed E-state index contributed by atoms with van der Waals surface area (Å²) in [6.45, 7) is 5.24. The quantitative estimate of drug-likeness (QED) is 0.878. The highest BCUT2D eigenvalue weighted by Gasteiger charge is 2.30. The minimum absolute atomic E-state index is 0.0486. The van der Waals surface area contributed by atoms with E-state index in [4.69, 9.17) is 16.3 Å². The van der Waals surface area contributed by atoms with Crippen LogP contribution in [0.1, 0.15) is 24.2 Å². The molecule has 2 unspecified atom stereocenters. The van der Waals surface area contributed by atoms with E-state index in [0.29, 0.717) is 36.1 Å². The van der Waals surface area contributed by atoms with E-state index in [1.54, 1.807) is 11.0 Å². The number of morpholine rings is 1. The molecule has 0 aliphatic carbocycles. The molecular formula is C14H20ClN3O3. The molecule has 21 heavy (non-hydrogen) atoms. The summed E-state index contributed by atoms with van der Waals surface area (Å²) in [5.41, 5.74) is 0.437. The predicted octanol–water partition coefficient (Wildman–Crippen LogP) is 1.39. The Morgan fingerprint density at radius 2 is 2.43 bits per heavy atom. The summed E-state index contributed by atoms with van der Waals surface area (Å²) in [5, 5.41) is 12.6. The van der Waals surface area contributed by atoms with Gasteiger partial charge in [0.2, 0.25) is 0 Å². The number of rotatable bonds is 4. The van der Waals surface area contributed by atoms with E-state index in [0.717, 1.165) is 0 Å². The summed E-state index contributed by atoms with van der Waals surface area (Å²) >= 11 is 6.12. The molecule has 2 rings (SSSR count). The number of nitrogens with one attached hydrogen (secondary N) is 1. The van der Waals surface area contributed by atoms with Crippen LogP contribution < -0.4 is 5.32 Å². The van der Waals surface area contributed by atoms with Gasteiger partial charge in [0.15, 0.2) is 0 Å². The molecule has 7 heteroatoms. The molecule has 1 amide bonds. The lowest BCUT2D eigenvalue weighted by molar-refractivity contribution is -0.0667. The van der Waals surface area contributed by atoms with Crippen LogP contribution >= 0.6 is 11.6 Å². The third kappa shape index (κ3) is 3.64. The van der Waals surface area contributed by atoms with Gasteiger partial charge in [-0.3, -0.25) is 4.79 Å². The molecule has 1 aromatic heterocycles. The number of aromatic nitrogens is 1. The van der Waals surface area contributed by atoms with Gasteiger partial charge >= 0.3 is 0 Å². The van der Waals surface area contributed by atoms with Crippen LogP contribution in [0.25, 0.3) is 0 Å². The Bertz CT molecular complexity index is 512. The molecule has 2 atom stereocenters. The third-order valence-corrected chi connectivity index (χ3v) is 3.69. The standard InChI is InChI=1S/C14H20ClN3O3/c1-3-16-13-12(15)4-10(5-17-13)14(20)18-6-11(7-19)21-8-9(18)2/h4-5,9,11,19H,3,6-8H2,1-2H3,(H,16,17). The van der Waals surface area contributed by atoms with E-state index in [2.05, 4.69) is 10.3 Å². The maximum Gasteiger partial charge on any atom is 0.255 e. The van der Waals surface area contributed by atoms with E-state index in [-0.39, 0.29) is 24.7 Å². The summed E-state index contributed by atoms with van der Waals surface area (Å²) in [6, 6.07) is 1.57. The van der Waals surface area contributed by atoms with Gasteiger partial charge in [0.25, 0.3) is 5.91 Å². The van der Waals surface area contributed by atoms with Gasteiger partial charge in [-0.1, -0.05) is 11.6 Å². The Hall–Kier alpha value is -1.37. The van der Waals surface area contributed by atoms with Gasteiger partial charge in [0, 0.05) is 19.3 Å². The molecule has 0 saturated carbocycles. The monoisotopic (exact) mass is 313 g/mol. The summed E-state index contributed by atoms with van der Waals surface area (Å²) in [5.74, 6) is 0.417. The van der Waals surface area contributed by atoms with Crippen LogP contribution in [0.5, 0.6) is 0 Å². The Morgan fingerprint density at radius 1 is 1.67 bits per heavy atom. The zero-order valence-electron chi connectivity index (χ0n) is 12.2. The second-order valence-corrected chi connectivity index (χ2v) is 5.44. The average Bonchev–Trinajstić information content (AvgIpc) is 2.49. The zero-order chi connectivity index (χ0) is 15.4. The number of carbonyl (C=O) groups is 1. The van der Waals surface area contributed by atoms with Crippen molar-refractivity contribution >= 4 is 23.3 Å². The number of anilines is 1. The molecule has 0 aromatic carbocycles. The first-order valence-corrected chi connectivity index (χ1v) is 7.37. The number of halogens is 1. The topological polar surface area (TPSA) is 74.7 Å². The maximum absolute atomic E-state index is 12.6. The minimum atomic E-state index is -0.338. The lowest BCUT2D eigenvalue weighted by atomic mass is 10.1. The fourth-order valence-electron chi connectivity index (χ4n) is 2.23. The summed E-state index contributed by atoms with van der Waals surface area (Å²) in [6.07, 6.45) is 1.18. The molecule has 6 nitrogen and oxygen atoms in total. The molecule has 0 bridgehead atoms. The SMILES string of the molecule is CCNc1ncc(C(=O)N2CC(CO)OCC2C)cc1Cl. The number of carbonyl (C=O) groups excluding carboxylic acids is 1. The first kappa shape index (κ1) is 16.0. The third-order valence-electron chi connectivity index (χ3n) is 3.40. The lowest BCUT2D eigenvalue weighted by Gasteiger charge is -2.37. The van der Waals surface area contributed by atoms with Gasteiger partial charge in [-0.05, 0) is 19.9 Å². The Morgan fingerprint density at radius 3 is 3.05 bits per heavy atom. The summed E-state index contributed by atoms with van der Waals surface area (Å²) in [4.78, 5) is 18.4. The normalized spacial score (nSPS) is 22.2. The molecular weight excluding hydrogens is 294 g/mol. The molecule has 1 aliphatic heterocycles. The average molecular weight is 314 g/mol. The van der Waals surface area contributed by atoms with Crippen LogP contribution in [0, 0.1) is 0 Å². The zero-order valence-corrected chi connectivity index (χ0v) is 12.9. The van der Waals surface area contributed by atoms with Crippen molar-refractivity contribution in [2.24, 2.45) is 0 Å². The number of hydrogen-bond donors (Lipinski definition) is 2. The second kappa shape index (κ2) is 7.06. The van der Waals surface area contributed by atoms with E-state index in [9.17, 15) is 9.90 Å². The van der Waals surface area contributed by atoms with Crippen molar-refractivity contribution in [3.05, 3.63) is 22.8 Å². The summed E-state index contributed by atoms with van der Waals surface area (Å²) < 4.78 is 5.43. The molecule has 2 heterocycles. The predicted molar refractivity (Wildman–Crippen MR) is 80.7 cm³/mol. The molecule has 0 spiro atoms. The maximum atomic E-state index is 12.6. The Balaban J connectivity index is 2.16. The van der Waals surface area contributed by atoms with Gasteiger partial charge in [-0.15, -0.1) is 0 Å². The molecule has 1 aliphatic rings. The van der Waals surface area contributed by atoms with Crippen molar-refractivity contribution in [3.8, 4) is 0 Å². The molecule has 2 N–H and O–H groups in total. The number of amides is 1. The largest absolute Gasteiger partial charge is 0.394 e. The van der Waals surface area contributed by atoms with Crippen LogP contribution in [0.3, 0.4) is 0 Å². The van der Waals surface area contributed by atoms with Gasteiger partial charge < -0.3 is 20.1 Å². The fraction of sp³-hybridized carbons (Fsp3) is 0.571. The van der Waals surface area contributed by atoms with Crippen molar-refractivity contribution in [1.29, 1.82) is 0 Å². The van der Waals surface area contributed by atoms with E-state index in [1.165, 1.54) is 6.20 Å². The number of aliphatic hydroxyl groups excluding tert-OH is 1. The van der Waals surface area contributed by atoms with Crippen LogP contribution in [-0.4, -0.2) is 59.3 Å². The van der Waals surface area contributed by atoms with Crippen LogP contribution in [-0.2, 0) is 4.74 Å². The van der Waals surface area contributed by atoms with Crippen molar-refractivity contribution in [2.45, 2.75) is 26.0 Å². The first-order valence-electron chi connectivity index (χ1n) is 6.99. The Labute approximate surface area is 129 Å². The molecule has 1 saturated heterocycles. The smallest absolute Gasteiger partial charge is 0.255 e. The minimum Gasteiger partial charge on any atom is -0.394 e. The van der Waals surface area contributed by atoms with Crippen molar-refractivity contribution in [2.75, 3.05) is 31.6 Å². The molecule has 1 aromatic rings. The van der Waals surface area contributed by atoms with Gasteiger partial charge in [0.05, 0.1) is 35.9 Å². The highest BCUT2D eigenvalue weighted by molar-refractivity contribution is 6.33. The second-order valence-electron chi connectivity index (χ2n) is 5.03. The van der Waals surface area contributed by atoms with Crippen molar-refractivity contribution in [1.82, 2.24) is 9.88 Å². The van der Waals surface area contributed by atoms with Gasteiger partial charge in [-0.2, -0.15) is 0 Å². The fourth-order valence-corrected chi connectivity index (χ4v) is 2.46. The first-order chi connectivity index (χ1) is 10.1. The van der Waals surface area contributed by atoms with Gasteiger partial charge in [0.1, 0.15) is 5.82 Å². The number of ether oxygens (including phenoxy) is 1. The van der Waals surface area contributed by atoms with Crippen LogP contribution in [0.15, 0.2) is 12.3 Å². The van der Waals surface area contributed by atoms with Crippen LogP contribution in [0.4, 0.5) is 5.82 Å². The van der Waals surface area contributed by atoms with E-state index < -0.39 is 0 Å². The number of nitrogens with zero attached hydrogens (tertiary/aromatic N) is 2. The summed E-state index contributed by atoms with van der Waals surface area (Å²) in [7, 11) is 0.